The van der Waals surface area contributed by atoms with Gasteiger partial charge in [0.2, 0.25) is 11.8 Å². The highest BCUT2D eigenvalue weighted by Crippen LogP contribution is 2.28. The standard InChI is InChI=1S/C27H25BrFN7O4/c1-14(37)25-19-8-16(17-10-30-15(2)31-11-17)4-5-20(19)36(34-25)13-24(38)35-12-18(29)9-21(35)27(39)33-23-7-6-22(40-3)26(28)32-23/h4-8,10-11,18,21H,9,12-13H2,1-3H3,(H,32,33,39)/t18-,21+/m1/s1. The Morgan fingerprint density at radius 2 is 1.90 bits per heavy atom. The minimum Gasteiger partial charge on any atom is -0.494 e. The number of methoxy groups -OCH3 is 1. The molecule has 5 rings (SSSR count). The number of ether oxygens (including phenoxy) is 1. The van der Waals surface area contributed by atoms with E-state index in [9.17, 15) is 18.8 Å². The van der Waals surface area contributed by atoms with Crippen LogP contribution in [0.25, 0.3) is 22.0 Å². The van der Waals surface area contributed by atoms with Gasteiger partial charge in [-0.2, -0.15) is 5.10 Å². The molecule has 4 heterocycles. The molecule has 0 radical (unpaired) electrons. The van der Waals surface area contributed by atoms with Crippen LogP contribution in [0.1, 0.15) is 29.7 Å². The normalized spacial score (nSPS) is 16.8. The SMILES string of the molecule is COc1ccc(NC(=O)[C@@H]2C[C@@H](F)CN2C(=O)Cn2nc(C(C)=O)c3cc(-c4cnc(C)nc4)ccc32)nc1Br. The number of aromatic nitrogens is 5. The fraction of sp³-hybridized carbons (Fsp3) is 0.296. The number of pyridine rings is 1. The number of alkyl halides is 1. The molecule has 0 spiro atoms. The van der Waals surface area contributed by atoms with Crippen LogP contribution >= 0.6 is 15.9 Å². The molecule has 1 aliphatic heterocycles. The number of Topliss-reactive ketones (excluding diaryl/α,β-unsaturated/α-hetero) is 1. The minimum absolute atomic E-state index is 0.143. The number of likely N-dealkylation sites (tertiary alicyclic amines) is 1. The maximum absolute atomic E-state index is 14.5. The molecule has 0 bridgehead atoms. The van der Waals surface area contributed by atoms with Gasteiger partial charge in [0.25, 0.3) is 0 Å². The maximum atomic E-state index is 14.5. The van der Waals surface area contributed by atoms with Gasteiger partial charge in [-0.05, 0) is 52.7 Å². The van der Waals surface area contributed by atoms with Gasteiger partial charge >= 0.3 is 0 Å². The second-order valence-corrected chi connectivity index (χ2v) is 10.1. The first-order valence-corrected chi connectivity index (χ1v) is 13.2. The van der Waals surface area contributed by atoms with Crippen LogP contribution in [0.5, 0.6) is 5.75 Å². The van der Waals surface area contributed by atoms with Gasteiger partial charge in [0, 0.05) is 36.7 Å². The Balaban J connectivity index is 1.39. The summed E-state index contributed by atoms with van der Waals surface area (Å²) in [4.78, 5) is 52.7. The predicted molar refractivity (Wildman–Crippen MR) is 148 cm³/mol. The molecule has 1 saturated heterocycles. The lowest BCUT2D eigenvalue weighted by Gasteiger charge is -2.23. The highest BCUT2D eigenvalue weighted by molar-refractivity contribution is 9.10. The first-order valence-electron chi connectivity index (χ1n) is 12.4. The number of aryl methyl sites for hydroxylation is 1. The lowest BCUT2D eigenvalue weighted by atomic mass is 10.0. The third-order valence-corrected chi connectivity index (χ3v) is 7.21. The monoisotopic (exact) mass is 609 g/mol. The fourth-order valence-electron chi connectivity index (χ4n) is 4.66. The van der Waals surface area contributed by atoms with Crippen LogP contribution < -0.4 is 10.1 Å². The first kappa shape index (κ1) is 27.3. The Morgan fingerprint density at radius 3 is 2.58 bits per heavy atom. The Labute approximate surface area is 236 Å². The van der Waals surface area contributed by atoms with Crippen molar-refractivity contribution in [3.8, 4) is 16.9 Å². The number of amides is 2. The third-order valence-electron chi connectivity index (χ3n) is 6.64. The van der Waals surface area contributed by atoms with E-state index in [1.54, 1.807) is 43.6 Å². The lowest BCUT2D eigenvalue weighted by molar-refractivity contribution is -0.137. The summed E-state index contributed by atoms with van der Waals surface area (Å²) in [6.07, 6.45) is 1.88. The summed E-state index contributed by atoms with van der Waals surface area (Å²) in [6, 6.07) is 7.52. The topological polar surface area (TPSA) is 132 Å². The van der Waals surface area contributed by atoms with Gasteiger partial charge in [-0.15, -0.1) is 0 Å². The summed E-state index contributed by atoms with van der Waals surface area (Å²) in [5, 5.41) is 7.61. The van der Waals surface area contributed by atoms with Gasteiger partial charge < -0.3 is 15.0 Å². The molecular weight excluding hydrogens is 585 g/mol. The van der Waals surface area contributed by atoms with E-state index in [4.69, 9.17) is 4.74 Å². The third kappa shape index (κ3) is 5.41. The van der Waals surface area contributed by atoms with E-state index >= 15 is 0 Å². The summed E-state index contributed by atoms with van der Waals surface area (Å²) in [7, 11) is 1.49. The van der Waals surface area contributed by atoms with Crippen LogP contribution in [0.15, 0.2) is 47.3 Å². The van der Waals surface area contributed by atoms with Crippen molar-refractivity contribution in [1.29, 1.82) is 0 Å². The van der Waals surface area contributed by atoms with Crippen LogP contribution in [0.3, 0.4) is 0 Å². The summed E-state index contributed by atoms with van der Waals surface area (Å²) >= 11 is 3.26. The largest absolute Gasteiger partial charge is 0.494 e. The summed E-state index contributed by atoms with van der Waals surface area (Å²) in [5.41, 5.74) is 2.31. The van der Waals surface area contributed by atoms with Crippen molar-refractivity contribution in [2.45, 2.75) is 39.0 Å². The van der Waals surface area contributed by atoms with Gasteiger partial charge in [-0.3, -0.25) is 19.1 Å². The van der Waals surface area contributed by atoms with Crippen molar-refractivity contribution in [2.24, 2.45) is 0 Å². The van der Waals surface area contributed by atoms with Crippen molar-refractivity contribution in [2.75, 3.05) is 19.0 Å². The van der Waals surface area contributed by atoms with Crippen molar-refractivity contribution in [1.82, 2.24) is 29.6 Å². The van der Waals surface area contributed by atoms with Crippen LogP contribution in [0.2, 0.25) is 0 Å². The quantitative estimate of drug-likeness (QED) is 0.247. The van der Waals surface area contributed by atoms with Crippen LogP contribution in [-0.4, -0.2) is 73.1 Å². The van der Waals surface area contributed by atoms with Crippen molar-refractivity contribution in [3.63, 3.8) is 0 Å². The molecule has 40 heavy (non-hydrogen) atoms. The number of rotatable bonds is 7. The maximum Gasteiger partial charge on any atom is 0.248 e. The zero-order chi connectivity index (χ0) is 28.6. The average molecular weight is 610 g/mol. The summed E-state index contributed by atoms with van der Waals surface area (Å²) in [5.74, 6) is 0.0195. The van der Waals surface area contributed by atoms with E-state index in [1.165, 1.54) is 23.6 Å². The van der Waals surface area contributed by atoms with Crippen molar-refractivity contribution >= 4 is 50.2 Å². The van der Waals surface area contributed by atoms with Crippen LogP contribution in [-0.2, 0) is 16.1 Å². The molecule has 1 N–H and O–H groups in total. The van der Waals surface area contributed by atoms with E-state index in [0.29, 0.717) is 27.1 Å². The van der Waals surface area contributed by atoms with E-state index in [2.05, 4.69) is 41.3 Å². The van der Waals surface area contributed by atoms with Gasteiger partial charge in [0.15, 0.2) is 11.5 Å². The van der Waals surface area contributed by atoms with Crippen molar-refractivity contribution in [3.05, 3.63) is 58.8 Å². The van der Waals surface area contributed by atoms with E-state index in [-0.39, 0.29) is 36.8 Å². The summed E-state index contributed by atoms with van der Waals surface area (Å²) in [6.45, 7) is 2.68. The molecule has 11 nitrogen and oxygen atoms in total. The van der Waals surface area contributed by atoms with Gasteiger partial charge in [0.1, 0.15) is 40.7 Å². The van der Waals surface area contributed by atoms with E-state index < -0.39 is 24.0 Å². The molecule has 0 unspecified atom stereocenters. The first-order chi connectivity index (χ1) is 19.1. The molecular formula is C27H25BrFN7O4. The Hall–Kier alpha value is -4.26. The number of benzene rings is 1. The van der Waals surface area contributed by atoms with Gasteiger partial charge in [-0.1, -0.05) is 6.07 Å². The highest BCUT2D eigenvalue weighted by atomic mass is 79.9. The molecule has 0 aliphatic carbocycles. The highest BCUT2D eigenvalue weighted by Gasteiger charge is 2.40. The molecule has 4 aromatic rings. The minimum atomic E-state index is -1.36. The van der Waals surface area contributed by atoms with Gasteiger partial charge in [0.05, 0.1) is 19.2 Å². The number of ketones is 1. The van der Waals surface area contributed by atoms with Crippen LogP contribution in [0.4, 0.5) is 10.2 Å². The number of halogens is 2. The Bertz CT molecular complexity index is 1630. The molecule has 0 saturated carbocycles. The second-order valence-electron chi connectivity index (χ2n) is 9.39. The number of anilines is 1. The van der Waals surface area contributed by atoms with E-state index in [1.807, 2.05) is 6.07 Å². The van der Waals surface area contributed by atoms with E-state index in [0.717, 1.165) is 11.1 Å². The Kier molecular flexibility index (Phi) is 7.57. The summed E-state index contributed by atoms with van der Waals surface area (Å²) < 4.78 is 21.4. The number of nitrogens with zero attached hydrogens (tertiary/aromatic N) is 6. The second kappa shape index (κ2) is 11.1. The smallest absolute Gasteiger partial charge is 0.248 e. The fourth-order valence-corrected chi connectivity index (χ4v) is 5.15. The molecule has 206 valence electrons. The molecule has 2 atom stereocenters. The zero-order valence-corrected chi connectivity index (χ0v) is 23.5. The van der Waals surface area contributed by atoms with Crippen LogP contribution in [0, 0.1) is 6.92 Å². The van der Waals surface area contributed by atoms with Gasteiger partial charge in [-0.25, -0.2) is 19.3 Å². The molecule has 2 amide bonds. The molecule has 1 fully saturated rings. The Morgan fingerprint density at radius 1 is 1.15 bits per heavy atom. The number of hydrogen-bond acceptors (Lipinski definition) is 8. The number of fused-ring (bicyclic) bond motifs is 1. The average Bonchev–Trinajstić information content (AvgIpc) is 3.50. The molecule has 1 aliphatic rings. The molecule has 1 aromatic carbocycles. The zero-order valence-electron chi connectivity index (χ0n) is 21.9. The number of carbonyl (C=O) groups is 3. The molecule has 3 aromatic heterocycles. The number of hydrogen-bond donors (Lipinski definition) is 1. The number of carbonyl (C=O) groups excluding carboxylic acids is 3. The number of nitrogens with one attached hydrogen (secondary N) is 1. The predicted octanol–water partition coefficient (Wildman–Crippen LogP) is 3.75. The van der Waals surface area contributed by atoms with Crippen molar-refractivity contribution < 1.29 is 23.5 Å². The lowest BCUT2D eigenvalue weighted by Crippen LogP contribution is -2.44. The molecule has 13 heteroatoms.